The lowest BCUT2D eigenvalue weighted by atomic mass is 10.2. The fourth-order valence-electron chi connectivity index (χ4n) is 2.10. The molecule has 0 aliphatic rings. The van der Waals surface area contributed by atoms with Crippen LogP contribution >= 0.6 is 0 Å². The number of rotatable bonds is 5. The molecule has 3 rings (SSSR count). The second-order valence-electron chi connectivity index (χ2n) is 5.08. The van der Waals surface area contributed by atoms with E-state index in [1.807, 2.05) is 12.1 Å². The normalized spacial score (nSPS) is 11.5. The van der Waals surface area contributed by atoms with Gasteiger partial charge in [-0.15, -0.1) is 0 Å². The van der Waals surface area contributed by atoms with Crippen molar-refractivity contribution in [1.29, 1.82) is 0 Å². The highest BCUT2D eigenvalue weighted by Crippen LogP contribution is 2.23. The van der Waals surface area contributed by atoms with Gasteiger partial charge in [-0.25, -0.2) is 18.4 Å². The Labute approximate surface area is 133 Å². The predicted molar refractivity (Wildman–Crippen MR) is 88.8 cm³/mol. The van der Waals surface area contributed by atoms with Gasteiger partial charge in [0.05, 0.1) is 17.5 Å². The first-order valence-corrected chi connectivity index (χ1v) is 9.03. The summed E-state index contributed by atoms with van der Waals surface area (Å²) in [6.45, 7) is 0.281. The van der Waals surface area contributed by atoms with Crippen LogP contribution < -0.4 is 5.32 Å². The van der Waals surface area contributed by atoms with E-state index in [0.717, 1.165) is 10.9 Å². The molecule has 3 aromatic heterocycles. The average Bonchev–Trinajstić information content (AvgIpc) is 2.54. The van der Waals surface area contributed by atoms with Gasteiger partial charge in [0.15, 0.2) is 5.82 Å². The molecule has 0 radical (unpaired) electrons. The molecule has 3 heterocycles. The summed E-state index contributed by atoms with van der Waals surface area (Å²) in [5, 5.41) is 3.88. The van der Waals surface area contributed by atoms with E-state index < -0.39 is 9.84 Å². The Kier molecular flexibility index (Phi) is 4.16. The molecule has 8 heteroatoms. The van der Waals surface area contributed by atoms with Crippen LogP contribution in [0.15, 0.2) is 43.0 Å². The number of hydrogen-bond donors (Lipinski definition) is 1. The van der Waals surface area contributed by atoms with Crippen molar-refractivity contribution in [3.63, 3.8) is 0 Å². The lowest BCUT2D eigenvalue weighted by Crippen LogP contribution is -2.15. The van der Waals surface area contributed by atoms with Crippen molar-refractivity contribution in [1.82, 2.24) is 19.9 Å². The van der Waals surface area contributed by atoms with Crippen LogP contribution in [0.25, 0.3) is 22.3 Å². The Morgan fingerprint density at radius 1 is 1.04 bits per heavy atom. The lowest BCUT2D eigenvalue weighted by molar-refractivity contribution is 0.602. The molecular weight excluding hydrogens is 314 g/mol. The molecule has 0 fully saturated rings. The molecule has 0 aliphatic heterocycles. The van der Waals surface area contributed by atoms with Gasteiger partial charge in [0.1, 0.15) is 15.7 Å². The molecule has 0 unspecified atom stereocenters. The summed E-state index contributed by atoms with van der Waals surface area (Å²) in [5.74, 6) is 1.16. The Morgan fingerprint density at radius 2 is 1.78 bits per heavy atom. The van der Waals surface area contributed by atoms with Crippen molar-refractivity contribution in [3.8, 4) is 11.4 Å². The molecule has 3 aromatic rings. The van der Waals surface area contributed by atoms with Gasteiger partial charge in [-0.2, -0.15) is 0 Å². The van der Waals surface area contributed by atoms with Crippen LogP contribution in [0.5, 0.6) is 0 Å². The number of nitrogens with one attached hydrogen (secondary N) is 1. The van der Waals surface area contributed by atoms with Crippen molar-refractivity contribution in [2.45, 2.75) is 0 Å². The monoisotopic (exact) mass is 329 g/mol. The molecule has 0 atom stereocenters. The highest BCUT2D eigenvalue weighted by atomic mass is 32.2. The molecule has 7 nitrogen and oxygen atoms in total. The average molecular weight is 329 g/mol. The molecule has 0 saturated carbocycles. The van der Waals surface area contributed by atoms with E-state index in [1.165, 1.54) is 6.26 Å². The minimum atomic E-state index is -3.04. The smallest absolute Gasteiger partial charge is 0.162 e. The number of sulfone groups is 1. The summed E-state index contributed by atoms with van der Waals surface area (Å²) in [7, 11) is -3.04. The minimum Gasteiger partial charge on any atom is -0.368 e. The first kappa shape index (κ1) is 15.3. The van der Waals surface area contributed by atoms with Gasteiger partial charge >= 0.3 is 0 Å². The second kappa shape index (κ2) is 6.25. The van der Waals surface area contributed by atoms with Crippen LogP contribution in [0, 0.1) is 0 Å². The number of fused-ring (bicyclic) bond motifs is 1. The fraction of sp³-hybridized carbons (Fsp3) is 0.200. The molecule has 0 spiro atoms. The summed E-state index contributed by atoms with van der Waals surface area (Å²) >= 11 is 0. The fourth-order valence-corrected chi connectivity index (χ4v) is 2.57. The van der Waals surface area contributed by atoms with Crippen LogP contribution in [0.1, 0.15) is 0 Å². The number of aromatic nitrogens is 4. The maximum Gasteiger partial charge on any atom is 0.162 e. The van der Waals surface area contributed by atoms with Gasteiger partial charge in [-0.3, -0.25) is 9.97 Å². The molecule has 23 heavy (non-hydrogen) atoms. The van der Waals surface area contributed by atoms with E-state index in [1.54, 1.807) is 30.9 Å². The van der Waals surface area contributed by atoms with Gasteiger partial charge in [0, 0.05) is 42.3 Å². The topological polar surface area (TPSA) is 97.7 Å². The molecule has 0 saturated heterocycles. The lowest BCUT2D eigenvalue weighted by Gasteiger charge is -2.10. The van der Waals surface area contributed by atoms with Crippen molar-refractivity contribution in [3.05, 3.63) is 43.0 Å². The Balaban J connectivity index is 2.01. The maximum absolute atomic E-state index is 11.3. The minimum absolute atomic E-state index is 0.0359. The van der Waals surface area contributed by atoms with Crippen LogP contribution in [-0.2, 0) is 9.84 Å². The number of anilines is 1. The zero-order valence-electron chi connectivity index (χ0n) is 12.5. The third-order valence-electron chi connectivity index (χ3n) is 3.20. The van der Waals surface area contributed by atoms with Crippen molar-refractivity contribution in [2.75, 3.05) is 23.9 Å². The van der Waals surface area contributed by atoms with E-state index >= 15 is 0 Å². The van der Waals surface area contributed by atoms with Crippen molar-refractivity contribution >= 4 is 26.6 Å². The van der Waals surface area contributed by atoms with Crippen LogP contribution in [0.3, 0.4) is 0 Å². The molecule has 0 aliphatic carbocycles. The molecule has 0 bridgehead atoms. The highest BCUT2D eigenvalue weighted by Gasteiger charge is 2.10. The van der Waals surface area contributed by atoms with Crippen LogP contribution in [0.2, 0.25) is 0 Å². The standard InChI is InChI=1S/C15H15N5O2S/c1-23(21,22)9-8-18-15-12-4-7-17-10-13(12)19-14(20-15)11-2-5-16-6-3-11/h2-7,10H,8-9H2,1H3,(H,18,19,20). The Morgan fingerprint density at radius 3 is 2.52 bits per heavy atom. The van der Waals surface area contributed by atoms with E-state index in [2.05, 4.69) is 25.3 Å². The maximum atomic E-state index is 11.3. The molecule has 118 valence electrons. The van der Waals surface area contributed by atoms with Crippen LogP contribution in [-0.4, -0.2) is 46.9 Å². The first-order valence-electron chi connectivity index (χ1n) is 6.97. The van der Waals surface area contributed by atoms with E-state index in [-0.39, 0.29) is 12.3 Å². The summed E-state index contributed by atoms with van der Waals surface area (Å²) in [5.41, 5.74) is 1.52. The Hall–Kier alpha value is -2.61. The summed E-state index contributed by atoms with van der Waals surface area (Å²) in [6.07, 6.45) is 7.86. The van der Waals surface area contributed by atoms with Gasteiger partial charge in [-0.05, 0) is 18.2 Å². The SMILES string of the molecule is CS(=O)(=O)CCNc1nc(-c2ccncc2)nc2cnccc12. The van der Waals surface area contributed by atoms with Crippen LogP contribution in [0.4, 0.5) is 5.82 Å². The molecular formula is C15H15N5O2S. The van der Waals surface area contributed by atoms with E-state index in [9.17, 15) is 8.42 Å². The van der Waals surface area contributed by atoms with E-state index in [0.29, 0.717) is 17.2 Å². The summed E-state index contributed by atoms with van der Waals surface area (Å²) < 4.78 is 22.6. The number of hydrogen-bond acceptors (Lipinski definition) is 7. The van der Waals surface area contributed by atoms with Gasteiger partial charge in [0.25, 0.3) is 0 Å². The zero-order chi connectivity index (χ0) is 16.3. The number of nitrogens with zero attached hydrogens (tertiary/aromatic N) is 4. The van der Waals surface area contributed by atoms with Gasteiger partial charge in [-0.1, -0.05) is 0 Å². The van der Waals surface area contributed by atoms with E-state index in [4.69, 9.17) is 0 Å². The quantitative estimate of drug-likeness (QED) is 0.758. The zero-order valence-corrected chi connectivity index (χ0v) is 13.3. The predicted octanol–water partition coefficient (Wildman–Crippen LogP) is 1.54. The largest absolute Gasteiger partial charge is 0.368 e. The Bertz CT molecular complexity index is 929. The number of pyridine rings is 2. The molecule has 1 N–H and O–H groups in total. The third kappa shape index (κ3) is 3.78. The third-order valence-corrected chi connectivity index (χ3v) is 4.15. The first-order chi connectivity index (χ1) is 11.0. The highest BCUT2D eigenvalue weighted by molar-refractivity contribution is 7.90. The van der Waals surface area contributed by atoms with Crippen molar-refractivity contribution < 1.29 is 8.42 Å². The molecule has 0 aromatic carbocycles. The van der Waals surface area contributed by atoms with Gasteiger partial charge < -0.3 is 5.32 Å². The molecule has 0 amide bonds. The summed E-state index contributed by atoms with van der Waals surface area (Å²) in [4.78, 5) is 17.1. The van der Waals surface area contributed by atoms with Gasteiger partial charge in [0.2, 0.25) is 0 Å². The van der Waals surface area contributed by atoms with Crippen molar-refractivity contribution in [2.24, 2.45) is 0 Å². The summed E-state index contributed by atoms with van der Waals surface area (Å²) in [6, 6.07) is 5.43. The second-order valence-corrected chi connectivity index (χ2v) is 7.34.